The minimum absolute atomic E-state index is 0.269. The normalized spacial score (nSPS) is 27.3. The van der Waals surface area contributed by atoms with Crippen molar-refractivity contribution < 1.29 is 19.3 Å². The number of hydrogen-bond acceptors (Lipinski definition) is 5. The Hall–Kier alpha value is -2.53. The van der Waals surface area contributed by atoms with E-state index in [1.807, 2.05) is 31.2 Å². The van der Waals surface area contributed by atoms with Crippen molar-refractivity contribution in [2.75, 3.05) is 14.2 Å². The van der Waals surface area contributed by atoms with Crippen molar-refractivity contribution in [1.82, 2.24) is 0 Å². The van der Waals surface area contributed by atoms with Gasteiger partial charge in [0.25, 0.3) is 0 Å². The first-order valence-electron chi connectivity index (χ1n) is 8.56. The second kappa shape index (κ2) is 7.00. The van der Waals surface area contributed by atoms with E-state index in [0.717, 1.165) is 11.1 Å². The maximum Gasteiger partial charge on any atom is 0.168 e. The molecule has 138 valence electrons. The highest BCUT2D eigenvalue weighted by molar-refractivity contribution is 5.71. The van der Waals surface area contributed by atoms with Crippen molar-refractivity contribution in [2.45, 2.75) is 37.0 Å². The van der Waals surface area contributed by atoms with Gasteiger partial charge in [-0.1, -0.05) is 18.2 Å². The summed E-state index contributed by atoms with van der Waals surface area (Å²) in [5.74, 6) is 1.30. The molecule has 1 aliphatic carbocycles. The van der Waals surface area contributed by atoms with Gasteiger partial charge in [-0.05, 0) is 37.8 Å². The fourth-order valence-electron chi connectivity index (χ4n) is 3.91. The SMILES string of the molecule is C=CCC(N=C)C1=COC2C=Cc3c(ccc(OC)c3OC)C2(C)C1O. The summed E-state index contributed by atoms with van der Waals surface area (Å²) in [6.07, 6.45) is 6.82. The lowest BCUT2D eigenvalue weighted by molar-refractivity contribution is -0.00296. The lowest BCUT2D eigenvalue weighted by atomic mass is 9.65. The van der Waals surface area contributed by atoms with Gasteiger partial charge in [0.05, 0.1) is 38.0 Å². The Morgan fingerprint density at radius 1 is 1.38 bits per heavy atom. The van der Waals surface area contributed by atoms with Crippen molar-refractivity contribution in [2.24, 2.45) is 4.99 Å². The van der Waals surface area contributed by atoms with Gasteiger partial charge < -0.3 is 19.3 Å². The zero-order chi connectivity index (χ0) is 18.9. The maximum absolute atomic E-state index is 11.3. The smallest absolute Gasteiger partial charge is 0.168 e. The molecule has 1 heterocycles. The Balaban J connectivity index is 2.13. The fourth-order valence-corrected chi connectivity index (χ4v) is 3.91. The van der Waals surface area contributed by atoms with E-state index in [1.54, 1.807) is 26.6 Å². The zero-order valence-electron chi connectivity index (χ0n) is 15.4. The predicted molar refractivity (Wildman–Crippen MR) is 103 cm³/mol. The lowest BCUT2D eigenvalue weighted by Crippen LogP contribution is -2.53. The van der Waals surface area contributed by atoms with Crippen LogP contribution in [0.25, 0.3) is 6.08 Å². The summed E-state index contributed by atoms with van der Waals surface area (Å²) in [6, 6.07) is 3.55. The van der Waals surface area contributed by atoms with E-state index in [9.17, 15) is 5.11 Å². The lowest BCUT2D eigenvalue weighted by Gasteiger charge is -2.47. The van der Waals surface area contributed by atoms with Crippen LogP contribution in [0, 0.1) is 0 Å². The van der Waals surface area contributed by atoms with Crippen molar-refractivity contribution in [3.8, 4) is 11.5 Å². The summed E-state index contributed by atoms with van der Waals surface area (Å²) >= 11 is 0. The Kier molecular flexibility index (Phi) is 4.92. The van der Waals surface area contributed by atoms with Gasteiger partial charge in [-0.3, -0.25) is 4.99 Å². The van der Waals surface area contributed by atoms with Gasteiger partial charge in [0, 0.05) is 11.1 Å². The Labute approximate surface area is 154 Å². The number of ether oxygens (including phenoxy) is 3. The number of rotatable bonds is 6. The van der Waals surface area contributed by atoms with Crippen molar-refractivity contribution in [3.63, 3.8) is 0 Å². The third-order valence-electron chi connectivity index (χ3n) is 5.42. The van der Waals surface area contributed by atoms with E-state index >= 15 is 0 Å². The first-order valence-corrected chi connectivity index (χ1v) is 8.56. The summed E-state index contributed by atoms with van der Waals surface area (Å²) in [5.41, 5.74) is 1.86. The molecule has 2 aliphatic rings. The molecule has 1 aromatic carbocycles. The monoisotopic (exact) mass is 355 g/mol. The number of fused-ring (bicyclic) bond motifs is 3. The summed E-state index contributed by atoms with van der Waals surface area (Å²) in [6.45, 7) is 9.42. The van der Waals surface area contributed by atoms with Gasteiger partial charge in [0.15, 0.2) is 11.5 Å². The van der Waals surface area contributed by atoms with Gasteiger partial charge >= 0.3 is 0 Å². The Morgan fingerprint density at radius 3 is 2.77 bits per heavy atom. The molecule has 1 aromatic rings. The summed E-state index contributed by atoms with van der Waals surface area (Å²) < 4.78 is 17.0. The predicted octanol–water partition coefficient (Wildman–Crippen LogP) is 3.28. The first kappa shape index (κ1) is 18.3. The fraction of sp³-hybridized carbons (Fsp3) is 0.381. The van der Waals surface area contributed by atoms with E-state index in [-0.39, 0.29) is 12.1 Å². The molecule has 0 saturated carbocycles. The third-order valence-corrected chi connectivity index (χ3v) is 5.42. The molecule has 26 heavy (non-hydrogen) atoms. The topological polar surface area (TPSA) is 60.3 Å². The number of benzene rings is 1. The molecule has 4 atom stereocenters. The number of aliphatic imine (C=N–C) groups is 1. The number of nitrogens with zero attached hydrogens (tertiary/aromatic N) is 1. The number of hydrogen-bond donors (Lipinski definition) is 1. The van der Waals surface area contributed by atoms with Crippen LogP contribution in [0.5, 0.6) is 11.5 Å². The second-order valence-corrected chi connectivity index (χ2v) is 6.70. The molecular formula is C21H25NO4. The van der Waals surface area contributed by atoms with E-state index in [1.165, 1.54) is 0 Å². The molecule has 1 aliphatic heterocycles. The largest absolute Gasteiger partial charge is 0.493 e. The Morgan fingerprint density at radius 2 is 2.15 bits per heavy atom. The molecule has 0 spiro atoms. The van der Waals surface area contributed by atoms with E-state index in [0.29, 0.717) is 23.5 Å². The second-order valence-electron chi connectivity index (χ2n) is 6.70. The zero-order valence-corrected chi connectivity index (χ0v) is 15.4. The van der Waals surface area contributed by atoms with Crippen LogP contribution >= 0.6 is 0 Å². The molecule has 0 saturated heterocycles. The molecule has 3 rings (SSSR count). The minimum Gasteiger partial charge on any atom is -0.493 e. The van der Waals surface area contributed by atoms with Gasteiger partial charge in [0.2, 0.25) is 0 Å². The van der Waals surface area contributed by atoms with Crippen LogP contribution in [0.2, 0.25) is 0 Å². The van der Waals surface area contributed by atoms with Gasteiger partial charge in [-0.15, -0.1) is 6.58 Å². The van der Waals surface area contributed by atoms with Gasteiger partial charge in [-0.25, -0.2) is 0 Å². The van der Waals surface area contributed by atoms with Crippen LogP contribution in [0.3, 0.4) is 0 Å². The molecule has 0 fully saturated rings. The van der Waals surface area contributed by atoms with Crippen molar-refractivity contribution in [1.29, 1.82) is 0 Å². The van der Waals surface area contributed by atoms with Crippen molar-refractivity contribution >= 4 is 12.8 Å². The molecule has 0 bridgehead atoms. The highest BCUT2D eigenvalue weighted by Gasteiger charge is 2.51. The van der Waals surface area contributed by atoms with Gasteiger partial charge in [-0.2, -0.15) is 0 Å². The van der Waals surface area contributed by atoms with Crippen LogP contribution in [-0.2, 0) is 10.2 Å². The highest BCUT2D eigenvalue weighted by atomic mass is 16.5. The molecule has 5 heteroatoms. The van der Waals surface area contributed by atoms with E-state index < -0.39 is 11.5 Å². The summed E-state index contributed by atoms with van der Waals surface area (Å²) in [5, 5.41) is 11.3. The highest BCUT2D eigenvalue weighted by Crippen LogP contribution is 2.49. The first-order chi connectivity index (χ1) is 12.5. The van der Waals surface area contributed by atoms with Crippen LogP contribution < -0.4 is 9.47 Å². The average Bonchev–Trinajstić information content (AvgIpc) is 2.66. The van der Waals surface area contributed by atoms with Crippen LogP contribution in [0.1, 0.15) is 24.5 Å². The molecule has 0 radical (unpaired) electrons. The van der Waals surface area contributed by atoms with E-state index in [2.05, 4.69) is 18.3 Å². The minimum atomic E-state index is -0.779. The maximum atomic E-state index is 11.3. The van der Waals surface area contributed by atoms with Crippen molar-refractivity contribution in [3.05, 3.63) is 53.8 Å². The van der Waals surface area contributed by atoms with Crippen LogP contribution in [0.4, 0.5) is 0 Å². The number of methoxy groups -OCH3 is 2. The quantitative estimate of drug-likeness (QED) is 0.628. The molecular weight excluding hydrogens is 330 g/mol. The third kappa shape index (κ3) is 2.54. The number of aliphatic hydroxyl groups is 1. The summed E-state index contributed by atoms with van der Waals surface area (Å²) in [4.78, 5) is 4.15. The molecule has 0 aromatic heterocycles. The summed E-state index contributed by atoms with van der Waals surface area (Å²) in [7, 11) is 3.22. The molecule has 1 N–H and O–H groups in total. The Bertz CT molecular complexity index is 782. The molecule has 0 amide bonds. The van der Waals surface area contributed by atoms with Crippen LogP contribution in [0.15, 0.2) is 47.7 Å². The molecule has 5 nitrogen and oxygen atoms in total. The average molecular weight is 355 g/mol. The standard InChI is InChI=1S/C21H25NO4/c1-6-7-16(22-3)14-12-26-18-11-8-13-15(21(18,2)20(14)23)9-10-17(24-4)19(13)25-5/h6,8-12,16,18,20,23H,1,3,7H2,2,4-5H3. The van der Waals surface area contributed by atoms with E-state index in [4.69, 9.17) is 14.2 Å². The number of aliphatic hydroxyl groups excluding tert-OH is 1. The van der Waals surface area contributed by atoms with Crippen LogP contribution in [-0.4, -0.2) is 44.3 Å². The van der Waals surface area contributed by atoms with Gasteiger partial charge in [0.1, 0.15) is 6.10 Å². The molecule has 4 unspecified atom stereocenters.